The van der Waals surface area contributed by atoms with Crippen LogP contribution in [-0.4, -0.2) is 45.8 Å². The number of aromatic nitrogens is 1. The second-order valence-electron chi connectivity index (χ2n) is 7.08. The van der Waals surface area contributed by atoms with Crippen molar-refractivity contribution in [3.63, 3.8) is 0 Å². The first-order chi connectivity index (χ1) is 12.9. The summed E-state index contributed by atoms with van der Waals surface area (Å²) in [5, 5.41) is 0. The van der Waals surface area contributed by atoms with Crippen LogP contribution in [0.3, 0.4) is 0 Å². The number of hydrogen-bond donors (Lipinski definition) is 0. The first-order valence-corrected chi connectivity index (χ1v) is 9.22. The minimum Gasteiger partial charge on any atom is -0.335 e. The van der Waals surface area contributed by atoms with Crippen molar-refractivity contribution >= 4 is 11.8 Å². The van der Waals surface area contributed by atoms with Gasteiger partial charge >= 0.3 is 0 Å². The highest BCUT2D eigenvalue weighted by Crippen LogP contribution is 2.15. The number of carbonyl (C=O) groups is 2. The van der Waals surface area contributed by atoms with Crippen LogP contribution >= 0.6 is 0 Å². The number of benzene rings is 1. The lowest BCUT2D eigenvalue weighted by molar-refractivity contribution is -0.135. The van der Waals surface area contributed by atoms with Gasteiger partial charge in [-0.3, -0.25) is 14.4 Å². The van der Waals surface area contributed by atoms with Crippen LogP contribution in [0.2, 0.25) is 0 Å². The van der Waals surface area contributed by atoms with Crippen LogP contribution in [-0.2, 0) is 17.9 Å². The molecule has 27 heavy (non-hydrogen) atoms. The Balaban J connectivity index is 1.67. The Morgan fingerprint density at radius 1 is 1.04 bits per heavy atom. The summed E-state index contributed by atoms with van der Waals surface area (Å²) in [6.07, 6.45) is 1.62. The number of rotatable bonds is 4. The Hall–Kier alpha value is -2.89. The predicted molar refractivity (Wildman–Crippen MR) is 104 cm³/mol. The molecule has 0 atom stereocenters. The fourth-order valence-electron chi connectivity index (χ4n) is 3.51. The van der Waals surface area contributed by atoms with Crippen molar-refractivity contribution in [2.24, 2.45) is 0 Å². The topological polar surface area (TPSA) is 62.6 Å². The molecule has 0 saturated carbocycles. The Morgan fingerprint density at radius 3 is 2.33 bits per heavy atom. The molecule has 1 aromatic carbocycles. The van der Waals surface area contributed by atoms with E-state index in [1.54, 1.807) is 17.2 Å². The smallest absolute Gasteiger partial charge is 0.254 e. The molecule has 6 heteroatoms. The molecule has 0 unspecified atom stereocenters. The van der Waals surface area contributed by atoms with Gasteiger partial charge in [-0.15, -0.1) is 0 Å². The molecular formula is C21H25N3O3. The summed E-state index contributed by atoms with van der Waals surface area (Å²) in [6, 6.07) is 9.26. The lowest BCUT2D eigenvalue weighted by atomic mass is 10.1. The van der Waals surface area contributed by atoms with Crippen LogP contribution in [0.15, 0.2) is 41.3 Å². The van der Waals surface area contributed by atoms with E-state index in [-0.39, 0.29) is 23.9 Å². The molecule has 1 aliphatic rings. The molecular weight excluding hydrogens is 342 g/mol. The third-order valence-electron chi connectivity index (χ3n) is 4.84. The van der Waals surface area contributed by atoms with Crippen molar-refractivity contribution < 1.29 is 9.59 Å². The molecule has 0 bridgehead atoms. The maximum atomic E-state index is 12.7. The second-order valence-corrected chi connectivity index (χ2v) is 7.08. The molecule has 0 radical (unpaired) electrons. The van der Waals surface area contributed by atoms with Crippen LogP contribution in [0, 0.1) is 13.8 Å². The summed E-state index contributed by atoms with van der Waals surface area (Å²) in [6.45, 7) is 8.06. The third-order valence-corrected chi connectivity index (χ3v) is 4.84. The molecule has 1 saturated heterocycles. The number of carbonyl (C=O) groups excluding carboxylic acids is 2. The number of pyridine rings is 1. The molecule has 2 heterocycles. The molecule has 6 nitrogen and oxygen atoms in total. The lowest BCUT2D eigenvalue weighted by Crippen LogP contribution is -2.51. The van der Waals surface area contributed by atoms with Gasteiger partial charge in [-0.1, -0.05) is 29.3 Å². The van der Waals surface area contributed by atoms with Crippen molar-refractivity contribution in [2.45, 2.75) is 33.9 Å². The number of aryl methyl sites for hydroxylation is 3. The number of piperazine rings is 1. The average Bonchev–Trinajstić information content (AvgIpc) is 2.62. The average molecular weight is 367 g/mol. The van der Waals surface area contributed by atoms with Crippen molar-refractivity contribution in [3.8, 4) is 0 Å². The molecule has 0 spiro atoms. The molecule has 0 N–H and O–H groups in total. The summed E-state index contributed by atoms with van der Waals surface area (Å²) >= 11 is 0. The van der Waals surface area contributed by atoms with Gasteiger partial charge < -0.3 is 14.4 Å². The maximum Gasteiger partial charge on any atom is 0.254 e. The molecule has 1 aromatic heterocycles. The van der Waals surface area contributed by atoms with E-state index in [9.17, 15) is 14.4 Å². The highest BCUT2D eigenvalue weighted by Gasteiger charge is 2.28. The van der Waals surface area contributed by atoms with Crippen LogP contribution in [0.25, 0.3) is 0 Å². The largest absolute Gasteiger partial charge is 0.335 e. The van der Waals surface area contributed by atoms with Crippen molar-refractivity contribution in [1.29, 1.82) is 0 Å². The van der Waals surface area contributed by atoms with Gasteiger partial charge in [0.2, 0.25) is 5.91 Å². The lowest BCUT2D eigenvalue weighted by Gasteiger charge is -2.34. The molecule has 1 aliphatic heterocycles. The Morgan fingerprint density at radius 2 is 1.74 bits per heavy atom. The zero-order valence-electron chi connectivity index (χ0n) is 16.1. The third kappa shape index (κ3) is 4.27. The van der Waals surface area contributed by atoms with E-state index in [1.165, 1.54) is 26.7 Å². The van der Waals surface area contributed by atoms with Gasteiger partial charge in [-0.25, -0.2) is 0 Å². The van der Waals surface area contributed by atoms with Gasteiger partial charge in [-0.2, -0.15) is 0 Å². The second kappa shape index (κ2) is 7.78. The number of nitrogens with zero attached hydrogens (tertiary/aromatic N) is 3. The number of hydrogen-bond acceptors (Lipinski definition) is 3. The van der Waals surface area contributed by atoms with Crippen LogP contribution in [0.5, 0.6) is 0 Å². The van der Waals surface area contributed by atoms with Gasteiger partial charge in [0.1, 0.15) is 6.54 Å². The monoisotopic (exact) mass is 367 g/mol. The highest BCUT2D eigenvalue weighted by atomic mass is 16.2. The van der Waals surface area contributed by atoms with Crippen molar-refractivity contribution in [2.75, 3.05) is 19.6 Å². The summed E-state index contributed by atoms with van der Waals surface area (Å²) in [7, 11) is 0. The first-order valence-electron chi connectivity index (χ1n) is 9.22. The molecule has 2 aromatic rings. The molecule has 3 rings (SSSR count). The van der Waals surface area contributed by atoms with E-state index >= 15 is 0 Å². The van der Waals surface area contributed by atoms with Gasteiger partial charge in [0.15, 0.2) is 0 Å². The normalized spacial score (nSPS) is 14.6. The standard InChI is InChI=1S/C21H25N3O3/c1-4-22-6-5-18(12-19(22)25)21(27)24-8-7-23(20(26)14-24)13-17-10-15(2)9-16(3)11-17/h5-6,9-12H,4,7-8,13-14H2,1-3H3. The summed E-state index contributed by atoms with van der Waals surface area (Å²) in [5.74, 6) is -0.342. The minimum absolute atomic E-state index is 0.0422. The van der Waals surface area contributed by atoms with E-state index in [2.05, 4.69) is 18.2 Å². The summed E-state index contributed by atoms with van der Waals surface area (Å²) in [4.78, 5) is 40.5. The summed E-state index contributed by atoms with van der Waals surface area (Å²) < 4.78 is 1.53. The maximum absolute atomic E-state index is 12.7. The molecule has 142 valence electrons. The van der Waals surface area contributed by atoms with Gasteiger partial charge in [-0.05, 0) is 32.4 Å². The SMILES string of the molecule is CCn1ccc(C(=O)N2CCN(Cc3cc(C)cc(C)c3)C(=O)C2)cc1=O. The van der Waals surface area contributed by atoms with Gasteiger partial charge in [0.05, 0.1) is 0 Å². The quantitative estimate of drug-likeness (QED) is 0.830. The van der Waals surface area contributed by atoms with E-state index in [0.29, 0.717) is 31.7 Å². The van der Waals surface area contributed by atoms with E-state index in [1.807, 2.05) is 20.8 Å². The number of amides is 2. The zero-order valence-corrected chi connectivity index (χ0v) is 16.1. The first kappa shape index (κ1) is 18.9. The van der Waals surface area contributed by atoms with Gasteiger partial charge in [0.25, 0.3) is 11.5 Å². The predicted octanol–water partition coefficient (Wildman–Crippen LogP) is 1.97. The zero-order chi connectivity index (χ0) is 19.6. The van der Waals surface area contributed by atoms with Crippen molar-refractivity contribution in [1.82, 2.24) is 14.4 Å². The van der Waals surface area contributed by atoms with E-state index in [4.69, 9.17) is 0 Å². The Kier molecular flexibility index (Phi) is 5.44. The Bertz CT molecular complexity index is 912. The minimum atomic E-state index is -0.269. The van der Waals surface area contributed by atoms with Crippen LogP contribution in [0.1, 0.15) is 34.0 Å². The van der Waals surface area contributed by atoms with Crippen molar-refractivity contribution in [3.05, 3.63) is 69.1 Å². The fraction of sp³-hybridized carbons (Fsp3) is 0.381. The molecule has 1 fully saturated rings. The van der Waals surface area contributed by atoms with Crippen LogP contribution in [0.4, 0.5) is 0 Å². The Labute approximate surface area is 159 Å². The van der Waals surface area contributed by atoms with Gasteiger partial charge in [0, 0.05) is 44.0 Å². The highest BCUT2D eigenvalue weighted by molar-refractivity contribution is 5.96. The fourth-order valence-corrected chi connectivity index (χ4v) is 3.51. The molecule has 0 aliphatic carbocycles. The van der Waals surface area contributed by atoms with E-state index in [0.717, 1.165) is 5.56 Å². The van der Waals surface area contributed by atoms with Crippen LogP contribution < -0.4 is 5.56 Å². The molecule has 2 amide bonds. The summed E-state index contributed by atoms with van der Waals surface area (Å²) in [5.41, 5.74) is 3.58. The van der Waals surface area contributed by atoms with E-state index < -0.39 is 0 Å².